The predicted molar refractivity (Wildman–Crippen MR) is 78.4 cm³/mol. The van der Waals surface area contributed by atoms with Crippen molar-refractivity contribution in [2.75, 3.05) is 11.4 Å². The SMILES string of the molecule is CC1Cc2ccccc2N(c2ncccc2CN)C1. The van der Waals surface area contributed by atoms with Gasteiger partial charge < -0.3 is 10.6 Å². The molecule has 3 nitrogen and oxygen atoms in total. The molecule has 1 aromatic carbocycles. The van der Waals surface area contributed by atoms with Gasteiger partial charge in [-0.1, -0.05) is 31.2 Å². The fourth-order valence-electron chi connectivity index (χ4n) is 2.83. The molecule has 2 N–H and O–H groups in total. The number of rotatable bonds is 2. The summed E-state index contributed by atoms with van der Waals surface area (Å²) in [6.07, 6.45) is 2.98. The molecule has 3 rings (SSSR count). The summed E-state index contributed by atoms with van der Waals surface area (Å²) in [5.41, 5.74) is 9.62. The largest absolute Gasteiger partial charge is 0.326 e. The quantitative estimate of drug-likeness (QED) is 0.895. The molecule has 0 radical (unpaired) electrons. The van der Waals surface area contributed by atoms with Crippen LogP contribution in [0.3, 0.4) is 0 Å². The Hall–Kier alpha value is -1.87. The number of aromatic nitrogens is 1. The minimum atomic E-state index is 0.524. The molecule has 0 spiro atoms. The average Bonchev–Trinajstić information content (AvgIpc) is 2.46. The van der Waals surface area contributed by atoms with Crippen molar-refractivity contribution in [3.05, 3.63) is 53.7 Å². The molecule has 2 heterocycles. The second kappa shape index (κ2) is 5.02. The summed E-state index contributed by atoms with van der Waals surface area (Å²) in [5, 5.41) is 0. The minimum absolute atomic E-state index is 0.524. The Morgan fingerprint density at radius 2 is 2.11 bits per heavy atom. The molecular weight excluding hydrogens is 234 g/mol. The van der Waals surface area contributed by atoms with E-state index in [-0.39, 0.29) is 0 Å². The Morgan fingerprint density at radius 3 is 2.95 bits per heavy atom. The highest BCUT2D eigenvalue weighted by Crippen LogP contribution is 2.35. The summed E-state index contributed by atoms with van der Waals surface area (Å²) in [6, 6.07) is 12.6. The van der Waals surface area contributed by atoms with Crippen molar-refractivity contribution in [1.82, 2.24) is 4.98 Å². The Bertz CT molecular complexity index is 580. The molecule has 1 aromatic heterocycles. The average molecular weight is 253 g/mol. The van der Waals surface area contributed by atoms with Gasteiger partial charge in [0.05, 0.1) is 0 Å². The van der Waals surface area contributed by atoms with Crippen LogP contribution in [-0.4, -0.2) is 11.5 Å². The van der Waals surface area contributed by atoms with Gasteiger partial charge in [-0.05, 0) is 30.0 Å². The van der Waals surface area contributed by atoms with Crippen LogP contribution in [0, 0.1) is 5.92 Å². The van der Waals surface area contributed by atoms with E-state index in [0.29, 0.717) is 12.5 Å². The van der Waals surface area contributed by atoms with E-state index < -0.39 is 0 Å². The van der Waals surface area contributed by atoms with Gasteiger partial charge in [0.1, 0.15) is 5.82 Å². The highest BCUT2D eigenvalue weighted by Gasteiger charge is 2.24. The molecular formula is C16H19N3. The molecule has 1 aliphatic heterocycles. The van der Waals surface area contributed by atoms with Crippen LogP contribution in [0.5, 0.6) is 0 Å². The third-order valence-corrected chi connectivity index (χ3v) is 3.69. The van der Waals surface area contributed by atoms with Crippen LogP contribution in [0.25, 0.3) is 0 Å². The maximum Gasteiger partial charge on any atom is 0.137 e. The summed E-state index contributed by atoms with van der Waals surface area (Å²) in [6.45, 7) is 3.81. The van der Waals surface area contributed by atoms with Gasteiger partial charge in [-0.3, -0.25) is 0 Å². The van der Waals surface area contributed by atoms with Crippen LogP contribution >= 0.6 is 0 Å². The molecule has 0 amide bonds. The second-order valence-corrected chi connectivity index (χ2v) is 5.24. The van der Waals surface area contributed by atoms with Crippen LogP contribution in [0.4, 0.5) is 11.5 Å². The van der Waals surface area contributed by atoms with Gasteiger partial charge in [-0.2, -0.15) is 0 Å². The molecule has 0 fully saturated rings. The molecule has 19 heavy (non-hydrogen) atoms. The van der Waals surface area contributed by atoms with Crippen molar-refractivity contribution < 1.29 is 0 Å². The van der Waals surface area contributed by atoms with Crippen LogP contribution < -0.4 is 10.6 Å². The van der Waals surface area contributed by atoms with Crippen molar-refractivity contribution in [3.8, 4) is 0 Å². The summed E-state index contributed by atoms with van der Waals surface area (Å²) in [5.74, 6) is 1.63. The van der Waals surface area contributed by atoms with Crippen molar-refractivity contribution in [3.63, 3.8) is 0 Å². The Labute approximate surface area is 114 Å². The van der Waals surface area contributed by atoms with Gasteiger partial charge in [0.25, 0.3) is 0 Å². The first-order valence-electron chi connectivity index (χ1n) is 6.79. The molecule has 3 heteroatoms. The lowest BCUT2D eigenvalue weighted by Gasteiger charge is -2.35. The van der Waals surface area contributed by atoms with E-state index >= 15 is 0 Å². The lowest BCUT2D eigenvalue weighted by Crippen LogP contribution is -2.31. The second-order valence-electron chi connectivity index (χ2n) is 5.24. The molecule has 1 atom stereocenters. The topological polar surface area (TPSA) is 42.2 Å². The number of pyridine rings is 1. The highest BCUT2D eigenvalue weighted by atomic mass is 15.2. The van der Waals surface area contributed by atoms with Crippen molar-refractivity contribution >= 4 is 11.5 Å². The maximum absolute atomic E-state index is 5.85. The molecule has 1 unspecified atom stereocenters. The number of nitrogens with zero attached hydrogens (tertiary/aromatic N) is 2. The smallest absolute Gasteiger partial charge is 0.137 e. The van der Waals surface area contributed by atoms with E-state index in [9.17, 15) is 0 Å². The lowest BCUT2D eigenvalue weighted by atomic mass is 9.93. The first kappa shape index (κ1) is 12.2. The number of hydrogen-bond acceptors (Lipinski definition) is 3. The Morgan fingerprint density at radius 1 is 1.26 bits per heavy atom. The Kier molecular flexibility index (Phi) is 3.22. The third kappa shape index (κ3) is 2.22. The monoisotopic (exact) mass is 253 g/mol. The highest BCUT2D eigenvalue weighted by molar-refractivity contribution is 5.67. The van der Waals surface area contributed by atoms with E-state index in [4.69, 9.17) is 5.73 Å². The number of hydrogen-bond donors (Lipinski definition) is 1. The van der Waals surface area contributed by atoms with E-state index in [2.05, 4.69) is 47.1 Å². The number of fused-ring (bicyclic) bond motifs is 1. The van der Waals surface area contributed by atoms with Crippen molar-refractivity contribution in [1.29, 1.82) is 0 Å². The van der Waals surface area contributed by atoms with Gasteiger partial charge >= 0.3 is 0 Å². The van der Waals surface area contributed by atoms with E-state index in [1.54, 1.807) is 0 Å². The molecule has 0 bridgehead atoms. The molecule has 1 aliphatic rings. The summed E-state index contributed by atoms with van der Waals surface area (Å²) in [4.78, 5) is 6.86. The van der Waals surface area contributed by atoms with E-state index in [1.165, 1.54) is 11.3 Å². The summed E-state index contributed by atoms with van der Waals surface area (Å²) >= 11 is 0. The zero-order valence-corrected chi connectivity index (χ0v) is 11.2. The summed E-state index contributed by atoms with van der Waals surface area (Å²) < 4.78 is 0. The maximum atomic E-state index is 5.85. The zero-order valence-electron chi connectivity index (χ0n) is 11.2. The third-order valence-electron chi connectivity index (χ3n) is 3.69. The minimum Gasteiger partial charge on any atom is -0.326 e. The van der Waals surface area contributed by atoms with Crippen LogP contribution in [0.1, 0.15) is 18.1 Å². The molecule has 2 aromatic rings. The first-order chi connectivity index (χ1) is 9.29. The standard InChI is InChI=1S/C16H19N3/c1-12-9-13-5-2-3-7-15(13)19(11-12)16-14(10-17)6-4-8-18-16/h2-8,12H,9-11,17H2,1H3. The van der Waals surface area contributed by atoms with Gasteiger partial charge in [0, 0.05) is 30.5 Å². The molecule has 0 saturated carbocycles. The normalized spacial score (nSPS) is 18.2. The lowest BCUT2D eigenvalue weighted by molar-refractivity contribution is 0.559. The zero-order chi connectivity index (χ0) is 13.2. The Balaban J connectivity index is 2.10. The van der Waals surface area contributed by atoms with Gasteiger partial charge in [0.15, 0.2) is 0 Å². The number of nitrogens with two attached hydrogens (primary N) is 1. The fraction of sp³-hybridized carbons (Fsp3) is 0.312. The number of benzene rings is 1. The van der Waals surface area contributed by atoms with Crippen molar-refractivity contribution in [2.24, 2.45) is 11.7 Å². The number of anilines is 2. The molecule has 0 aliphatic carbocycles. The number of para-hydroxylation sites is 1. The summed E-state index contributed by atoms with van der Waals surface area (Å²) in [7, 11) is 0. The van der Waals surface area contributed by atoms with E-state index in [1.807, 2.05) is 12.3 Å². The fourth-order valence-corrected chi connectivity index (χ4v) is 2.83. The van der Waals surface area contributed by atoms with Gasteiger partial charge in [-0.25, -0.2) is 4.98 Å². The van der Waals surface area contributed by atoms with Gasteiger partial charge in [-0.15, -0.1) is 0 Å². The van der Waals surface area contributed by atoms with Crippen LogP contribution in [0.15, 0.2) is 42.6 Å². The molecule has 0 saturated heterocycles. The van der Waals surface area contributed by atoms with Crippen molar-refractivity contribution in [2.45, 2.75) is 19.9 Å². The van der Waals surface area contributed by atoms with Gasteiger partial charge in [0.2, 0.25) is 0 Å². The predicted octanol–water partition coefficient (Wildman–Crippen LogP) is 2.87. The van der Waals surface area contributed by atoms with Crippen LogP contribution in [-0.2, 0) is 13.0 Å². The van der Waals surface area contributed by atoms with Crippen LogP contribution in [0.2, 0.25) is 0 Å². The first-order valence-corrected chi connectivity index (χ1v) is 6.79. The molecule has 98 valence electrons. The van der Waals surface area contributed by atoms with E-state index in [0.717, 1.165) is 24.3 Å².